The highest BCUT2D eigenvalue weighted by molar-refractivity contribution is 5.90. The Bertz CT molecular complexity index is 1170. The number of anilines is 1. The maximum Gasteiger partial charge on any atom is 0.227 e. The molecule has 1 aliphatic heterocycles. The monoisotopic (exact) mass is 428 g/mol. The van der Waals surface area contributed by atoms with E-state index in [4.69, 9.17) is 8.83 Å². The van der Waals surface area contributed by atoms with Gasteiger partial charge in [0, 0.05) is 19.2 Å². The van der Waals surface area contributed by atoms with Gasteiger partial charge in [-0.05, 0) is 53.8 Å². The van der Waals surface area contributed by atoms with Crippen LogP contribution in [0.25, 0.3) is 10.8 Å². The molecule has 1 amide bonds. The molecule has 2 aromatic carbocycles. The molecule has 1 saturated heterocycles. The molecule has 1 aliphatic rings. The number of nitrogens with zero attached hydrogens (tertiary/aromatic N) is 2. The van der Waals surface area contributed by atoms with Crippen LogP contribution in [0.4, 0.5) is 5.88 Å². The summed E-state index contributed by atoms with van der Waals surface area (Å²) in [7, 11) is 0. The van der Waals surface area contributed by atoms with E-state index in [1.165, 1.54) is 19.3 Å². The summed E-state index contributed by atoms with van der Waals surface area (Å²) in [5, 5.41) is 2.26. The van der Waals surface area contributed by atoms with Gasteiger partial charge in [-0.1, -0.05) is 42.5 Å². The second-order valence-corrected chi connectivity index (χ2v) is 8.43. The van der Waals surface area contributed by atoms with Crippen molar-refractivity contribution in [2.75, 3.05) is 18.0 Å². The molecule has 32 heavy (non-hydrogen) atoms. The summed E-state index contributed by atoms with van der Waals surface area (Å²) in [5.74, 6) is 2.51. The van der Waals surface area contributed by atoms with Crippen molar-refractivity contribution >= 4 is 22.6 Å². The van der Waals surface area contributed by atoms with Gasteiger partial charge in [0.2, 0.25) is 5.91 Å². The number of carbonyl (C=O) groups excluding carboxylic acids is 1. The van der Waals surface area contributed by atoms with Gasteiger partial charge in [0.05, 0.1) is 25.8 Å². The van der Waals surface area contributed by atoms with Crippen molar-refractivity contribution in [3.05, 3.63) is 90.1 Å². The summed E-state index contributed by atoms with van der Waals surface area (Å²) in [6.07, 6.45) is 5.66. The van der Waals surface area contributed by atoms with Crippen molar-refractivity contribution in [1.29, 1.82) is 0 Å². The van der Waals surface area contributed by atoms with Crippen LogP contribution >= 0.6 is 0 Å². The van der Waals surface area contributed by atoms with Crippen molar-refractivity contribution in [3.63, 3.8) is 0 Å². The third-order valence-corrected chi connectivity index (χ3v) is 6.16. The molecule has 0 N–H and O–H groups in total. The predicted octanol–water partition coefficient (Wildman–Crippen LogP) is 5.79. The van der Waals surface area contributed by atoms with Gasteiger partial charge in [0.1, 0.15) is 11.5 Å². The zero-order valence-corrected chi connectivity index (χ0v) is 18.2. The van der Waals surface area contributed by atoms with Crippen LogP contribution in [0, 0.1) is 0 Å². The van der Waals surface area contributed by atoms with Gasteiger partial charge in [-0.2, -0.15) is 0 Å². The Morgan fingerprint density at radius 2 is 1.66 bits per heavy atom. The van der Waals surface area contributed by atoms with E-state index >= 15 is 0 Å². The fraction of sp³-hybridized carbons (Fsp3) is 0.296. The number of amides is 1. The number of benzene rings is 2. The van der Waals surface area contributed by atoms with Crippen LogP contribution in [0.5, 0.6) is 0 Å². The van der Waals surface area contributed by atoms with Gasteiger partial charge in [-0.3, -0.25) is 4.79 Å². The molecular weight excluding hydrogens is 400 g/mol. The van der Waals surface area contributed by atoms with Gasteiger partial charge in [0.25, 0.3) is 0 Å². The molecule has 4 aromatic rings. The third kappa shape index (κ3) is 4.57. The second kappa shape index (κ2) is 9.35. The standard InChI is InChI=1S/C27H28N2O3/c30-26(18-22-10-6-9-21-8-2-3-12-25(21)22)29(19-23-11-7-17-31-23)20-24-13-14-27(32-24)28-15-4-1-5-16-28/h2-3,6-14,17H,1,4-5,15-16,18-20H2. The summed E-state index contributed by atoms with van der Waals surface area (Å²) in [6.45, 7) is 2.89. The lowest BCUT2D eigenvalue weighted by molar-refractivity contribution is -0.132. The summed E-state index contributed by atoms with van der Waals surface area (Å²) >= 11 is 0. The lowest BCUT2D eigenvalue weighted by Crippen LogP contribution is -2.31. The first kappa shape index (κ1) is 20.4. The summed E-state index contributed by atoms with van der Waals surface area (Å²) in [5.41, 5.74) is 1.03. The molecular formula is C27H28N2O3. The summed E-state index contributed by atoms with van der Waals surface area (Å²) < 4.78 is 11.7. The van der Waals surface area contributed by atoms with E-state index in [1.54, 1.807) is 6.26 Å². The SMILES string of the molecule is O=C(Cc1cccc2ccccc12)N(Cc1ccco1)Cc1ccc(N2CCCCC2)o1. The van der Waals surface area contributed by atoms with Crippen molar-refractivity contribution in [2.24, 2.45) is 0 Å². The maximum absolute atomic E-state index is 13.4. The fourth-order valence-electron chi connectivity index (χ4n) is 4.47. The molecule has 5 heteroatoms. The fourth-order valence-corrected chi connectivity index (χ4v) is 4.47. The number of rotatable bonds is 7. The molecule has 0 aliphatic carbocycles. The minimum absolute atomic E-state index is 0.0497. The molecule has 0 radical (unpaired) electrons. The summed E-state index contributed by atoms with van der Waals surface area (Å²) in [4.78, 5) is 17.5. The van der Waals surface area contributed by atoms with Gasteiger partial charge < -0.3 is 18.6 Å². The maximum atomic E-state index is 13.4. The van der Waals surface area contributed by atoms with Crippen molar-refractivity contribution < 1.29 is 13.6 Å². The summed E-state index contributed by atoms with van der Waals surface area (Å²) in [6, 6.07) is 22.1. The van der Waals surface area contributed by atoms with Gasteiger partial charge >= 0.3 is 0 Å². The molecule has 0 unspecified atom stereocenters. The highest BCUT2D eigenvalue weighted by Crippen LogP contribution is 2.25. The van der Waals surface area contributed by atoms with E-state index in [9.17, 15) is 4.79 Å². The lowest BCUT2D eigenvalue weighted by atomic mass is 10.0. The Kier molecular flexibility index (Phi) is 5.97. The quantitative estimate of drug-likeness (QED) is 0.374. The molecule has 0 saturated carbocycles. The van der Waals surface area contributed by atoms with Crippen LogP contribution in [0.2, 0.25) is 0 Å². The van der Waals surface area contributed by atoms with Crippen LogP contribution in [0.1, 0.15) is 36.3 Å². The highest BCUT2D eigenvalue weighted by Gasteiger charge is 2.20. The Labute approximate surface area is 188 Å². The molecule has 0 bridgehead atoms. The Morgan fingerprint density at radius 3 is 2.50 bits per heavy atom. The smallest absolute Gasteiger partial charge is 0.227 e. The number of fused-ring (bicyclic) bond motifs is 1. The molecule has 0 spiro atoms. The first-order chi connectivity index (χ1) is 15.8. The molecule has 2 aromatic heterocycles. The van der Waals surface area contributed by atoms with E-state index in [1.807, 2.05) is 53.4 Å². The van der Waals surface area contributed by atoms with Gasteiger partial charge in [-0.25, -0.2) is 0 Å². The topological polar surface area (TPSA) is 49.8 Å². The van der Waals surface area contributed by atoms with Crippen LogP contribution in [-0.4, -0.2) is 23.9 Å². The second-order valence-electron chi connectivity index (χ2n) is 8.43. The molecule has 5 nitrogen and oxygen atoms in total. The first-order valence-corrected chi connectivity index (χ1v) is 11.4. The normalized spacial score (nSPS) is 14.1. The Hall–Kier alpha value is -3.47. The number of carbonyl (C=O) groups is 1. The number of hydrogen-bond donors (Lipinski definition) is 0. The highest BCUT2D eigenvalue weighted by atomic mass is 16.4. The van der Waals surface area contributed by atoms with Crippen LogP contribution < -0.4 is 4.90 Å². The van der Waals surface area contributed by atoms with Crippen molar-refractivity contribution in [1.82, 2.24) is 4.90 Å². The van der Waals surface area contributed by atoms with Crippen LogP contribution in [-0.2, 0) is 24.3 Å². The van der Waals surface area contributed by atoms with Crippen molar-refractivity contribution in [2.45, 2.75) is 38.8 Å². The third-order valence-electron chi connectivity index (χ3n) is 6.16. The number of furan rings is 2. The molecule has 0 atom stereocenters. The Morgan fingerprint density at radius 1 is 0.844 bits per heavy atom. The minimum Gasteiger partial charge on any atom is -0.467 e. The largest absolute Gasteiger partial charge is 0.467 e. The lowest BCUT2D eigenvalue weighted by Gasteiger charge is -2.26. The molecule has 164 valence electrons. The Balaban J connectivity index is 1.36. The number of piperidine rings is 1. The first-order valence-electron chi connectivity index (χ1n) is 11.4. The van der Waals surface area contributed by atoms with Crippen LogP contribution in [0.3, 0.4) is 0 Å². The van der Waals surface area contributed by atoms with Crippen LogP contribution in [0.15, 0.2) is 81.8 Å². The zero-order valence-electron chi connectivity index (χ0n) is 18.2. The predicted molar refractivity (Wildman–Crippen MR) is 125 cm³/mol. The van der Waals surface area contributed by atoms with E-state index in [0.29, 0.717) is 19.5 Å². The molecule has 5 rings (SSSR count). The van der Waals surface area contributed by atoms with Crippen molar-refractivity contribution in [3.8, 4) is 0 Å². The molecule has 1 fully saturated rings. The average Bonchev–Trinajstić information content (AvgIpc) is 3.52. The zero-order chi connectivity index (χ0) is 21.8. The van der Waals surface area contributed by atoms with Gasteiger partial charge in [0.15, 0.2) is 5.88 Å². The number of hydrogen-bond acceptors (Lipinski definition) is 4. The van der Waals surface area contributed by atoms with E-state index < -0.39 is 0 Å². The van der Waals surface area contributed by atoms with Gasteiger partial charge in [-0.15, -0.1) is 0 Å². The van der Waals surface area contributed by atoms with E-state index in [2.05, 4.69) is 23.1 Å². The average molecular weight is 429 g/mol. The van der Waals surface area contributed by atoms with E-state index in [0.717, 1.165) is 46.8 Å². The molecule has 3 heterocycles. The van der Waals surface area contributed by atoms with E-state index in [-0.39, 0.29) is 5.91 Å². The minimum atomic E-state index is 0.0497.